The Balaban J connectivity index is 2.98. The SMILES string of the molecule is CCC(C)NC=O. The Labute approximate surface area is 43.9 Å². The van der Waals surface area contributed by atoms with Gasteiger partial charge in [0.2, 0.25) is 6.41 Å². The molecular formula is C5H11NO. The summed E-state index contributed by atoms with van der Waals surface area (Å²) in [6.07, 6.45) is 1.73. The molecule has 2 heteroatoms. The van der Waals surface area contributed by atoms with Crippen molar-refractivity contribution in [2.45, 2.75) is 26.3 Å². The fourth-order valence-corrected chi connectivity index (χ4v) is 0.234. The molecule has 1 atom stereocenters. The van der Waals surface area contributed by atoms with Crippen LogP contribution in [0.5, 0.6) is 0 Å². The van der Waals surface area contributed by atoms with E-state index in [-0.39, 0.29) is 0 Å². The first-order valence-corrected chi connectivity index (χ1v) is 2.51. The number of hydrogen-bond donors (Lipinski definition) is 1. The summed E-state index contributed by atoms with van der Waals surface area (Å²) in [5.74, 6) is 0. The van der Waals surface area contributed by atoms with Crippen molar-refractivity contribution in [3.63, 3.8) is 0 Å². The minimum Gasteiger partial charge on any atom is -0.356 e. The number of rotatable bonds is 3. The molecule has 0 fully saturated rings. The normalized spacial score (nSPS) is 12.9. The van der Waals surface area contributed by atoms with E-state index >= 15 is 0 Å². The molecule has 0 bridgehead atoms. The highest BCUT2D eigenvalue weighted by Crippen LogP contribution is 1.82. The maximum atomic E-state index is 9.66. The second-order valence-corrected chi connectivity index (χ2v) is 1.59. The van der Waals surface area contributed by atoms with Crippen molar-refractivity contribution in [2.75, 3.05) is 0 Å². The van der Waals surface area contributed by atoms with Crippen LogP contribution in [0.15, 0.2) is 0 Å². The molecule has 42 valence electrons. The molecular weight excluding hydrogens is 90.1 g/mol. The van der Waals surface area contributed by atoms with E-state index in [0.29, 0.717) is 6.04 Å². The fraction of sp³-hybridized carbons (Fsp3) is 0.800. The first kappa shape index (κ1) is 6.47. The van der Waals surface area contributed by atoms with E-state index in [0.717, 1.165) is 12.8 Å². The van der Waals surface area contributed by atoms with E-state index in [4.69, 9.17) is 0 Å². The highest BCUT2D eigenvalue weighted by Gasteiger charge is 1.89. The lowest BCUT2D eigenvalue weighted by atomic mass is 10.3. The minimum atomic E-state index is 0.331. The quantitative estimate of drug-likeness (QED) is 0.516. The van der Waals surface area contributed by atoms with E-state index in [9.17, 15) is 4.79 Å². The molecule has 0 rings (SSSR count). The van der Waals surface area contributed by atoms with Gasteiger partial charge in [-0.3, -0.25) is 4.79 Å². The molecule has 0 aliphatic heterocycles. The van der Waals surface area contributed by atoms with Gasteiger partial charge < -0.3 is 5.32 Å². The van der Waals surface area contributed by atoms with Crippen LogP contribution in [0.25, 0.3) is 0 Å². The molecule has 0 aliphatic rings. The molecule has 1 amide bonds. The van der Waals surface area contributed by atoms with Crippen molar-refractivity contribution < 1.29 is 4.79 Å². The van der Waals surface area contributed by atoms with Gasteiger partial charge in [0.05, 0.1) is 0 Å². The average Bonchev–Trinajstić information content (AvgIpc) is 1.68. The number of carbonyl (C=O) groups excluding carboxylic acids is 1. The van der Waals surface area contributed by atoms with Gasteiger partial charge in [-0.15, -0.1) is 0 Å². The molecule has 0 aromatic rings. The van der Waals surface area contributed by atoms with Gasteiger partial charge in [-0.1, -0.05) is 6.92 Å². The Morgan fingerprint density at radius 1 is 1.86 bits per heavy atom. The monoisotopic (exact) mass is 101 g/mol. The standard InChI is InChI=1S/C5H11NO/c1-3-5(2)6-4-7/h4-5H,3H2,1-2H3,(H,6,7). The zero-order valence-electron chi connectivity index (χ0n) is 4.77. The zero-order valence-corrected chi connectivity index (χ0v) is 4.77. The van der Waals surface area contributed by atoms with Gasteiger partial charge in [-0.05, 0) is 13.3 Å². The smallest absolute Gasteiger partial charge is 0.207 e. The lowest BCUT2D eigenvalue weighted by molar-refractivity contribution is -0.110. The van der Waals surface area contributed by atoms with Gasteiger partial charge in [-0.2, -0.15) is 0 Å². The van der Waals surface area contributed by atoms with Crippen molar-refractivity contribution >= 4 is 6.41 Å². The third-order valence-electron chi connectivity index (χ3n) is 0.965. The number of carbonyl (C=O) groups is 1. The Kier molecular flexibility index (Phi) is 3.38. The maximum Gasteiger partial charge on any atom is 0.207 e. The molecule has 0 heterocycles. The number of hydrogen-bond acceptors (Lipinski definition) is 1. The first-order chi connectivity index (χ1) is 3.31. The van der Waals surface area contributed by atoms with Crippen LogP contribution in [-0.2, 0) is 4.79 Å². The zero-order chi connectivity index (χ0) is 5.70. The fourth-order valence-electron chi connectivity index (χ4n) is 0.234. The van der Waals surface area contributed by atoms with Crippen LogP contribution in [0.4, 0.5) is 0 Å². The summed E-state index contributed by atoms with van der Waals surface area (Å²) in [7, 11) is 0. The molecule has 0 aromatic heterocycles. The van der Waals surface area contributed by atoms with Gasteiger partial charge in [-0.25, -0.2) is 0 Å². The van der Waals surface area contributed by atoms with Gasteiger partial charge in [0, 0.05) is 6.04 Å². The summed E-state index contributed by atoms with van der Waals surface area (Å²) in [6, 6.07) is 0.331. The van der Waals surface area contributed by atoms with E-state index in [2.05, 4.69) is 5.32 Å². The van der Waals surface area contributed by atoms with Crippen LogP contribution >= 0.6 is 0 Å². The second-order valence-electron chi connectivity index (χ2n) is 1.59. The van der Waals surface area contributed by atoms with Crippen LogP contribution < -0.4 is 5.32 Å². The third-order valence-corrected chi connectivity index (χ3v) is 0.965. The topological polar surface area (TPSA) is 29.1 Å². The lowest BCUT2D eigenvalue weighted by Crippen LogP contribution is -2.22. The van der Waals surface area contributed by atoms with Crippen LogP contribution in [0.2, 0.25) is 0 Å². The van der Waals surface area contributed by atoms with Crippen molar-refractivity contribution in [2.24, 2.45) is 0 Å². The van der Waals surface area contributed by atoms with Gasteiger partial charge >= 0.3 is 0 Å². The van der Waals surface area contributed by atoms with Crippen molar-refractivity contribution in [3.8, 4) is 0 Å². The molecule has 1 N–H and O–H groups in total. The summed E-state index contributed by atoms with van der Waals surface area (Å²) in [4.78, 5) is 9.66. The highest BCUT2D eigenvalue weighted by atomic mass is 16.1. The Morgan fingerprint density at radius 2 is 2.43 bits per heavy atom. The van der Waals surface area contributed by atoms with E-state index in [1.165, 1.54) is 0 Å². The average molecular weight is 101 g/mol. The van der Waals surface area contributed by atoms with Crippen LogP contribution in [-0.4, -0.2) is 12.5 Å². The molecule has 0 aliphatic carbocycles. The molecule has 0 radical (unpaired) electrons. The second kappa shape index (κ2) is 3.65. The Hall–Kier alpha value is -0.530. The molecule has 0 saturated carbocycles. The van der Waals surface area contributed by atoms with Crippen LogP contribution in [0.1, 0.15) is 20.3 Å². The molecule has 7 heavy (non-hydrogen) atoms. The molecule has 0 aromatic carbocycles. The summed E-state index contributed by atoms with van der Waals surface area (Å²) >= 11 is 0. The van der Waals surface area contributed by atoms with E-state index in [1.54, 1.807) is 0 Å². The summed E-state index contributed by atoms with van der Waals surface area (Å²) in [5.41, 5.74) is 0. The number of nitrogens with one attached hydrogen (secondary N) is 1. The Morgan fingerprint density at radius 3 is 2.57 bits per heavy atom. The van der Waals surface area contributed by atoms with Crippen molar-refractivity contribution in [3.05, 3.63) is 0 Å². The maximum absolute atomic E-state index is 9.66. The summed E-state index contributed by atoms with van der Waals surface area (Å²) in [6.45, 7) is 4.00. The van der Waals surface area contributed by atoms with Crippen LogP contribution in [0.3, 0.4) is 0 Å². The van der Waals surface area contributed by atoms with Gasteiger partial charge in [0.25, 0.3) is 0 Å². The molecule has 2 nitrogen and oxygen atoms in total. The number of amides is 1. The summed E-state index contributed by atoms with van der Waals surface area (Å²) < 4.78 is 0. The third kappa shape index (κ3) is 3.30. The molecule has 1 unspecified atom stereocenters. The molecule has 0 saturated heterocycles. The largest absolute Gasteiger partial charge is 0.356 e. The summed E-state index contributed by atoms with van der Waals surface area (Å²) in [5, 5.41) is 2.61. The Bertz CT molecular complexity index is 54.0. The van der Waals surface area contributed by atoms with Gasteiger partial charge in [0.1, 0.15) is 0 Å². The minimum absolute atomic E-state index is 0.331. The first-order valence-electron chi connectivity index (χ1n) is 2.51. The predicted molar refractivity (Wildman–Crippen MR) is 29.0 cm³/mol. The lowest BCUT2D eigenvalue weighted by Gasteiger charge is -2.02. The van der Waals surface area contributed by atoms with Gasteiger partial charge in [0.15, 0.2) is 0 Å². The van der Waals surface area contributed by atoms with Crippen LogP contribution in [0, 0.1) is 0 Å². The van der Waals surface area contributed by atoms with E-state index in [1.807, 2.05) is 13.8 Å². The highest BCUT2D eigenvalue weighted by molar-refractivity contribution is 5.46. The van der Waals surface area contributed by atoms with Crippen molar-refractivity contribution in [1.82, 2.24) is 5.32 Å². The van der Waals surface area contributed by atoms with E-state index < -0.39 is 0 Å². The molecule has 0 spiro atoms. The predicted octanol–water partition coefficient (Wildman–Crippen LogP) is 0.531. The van der Waals surface area contributed by atoms with Crippen molar-refractivity contribution in [1.29, 1.82) is 0 Å².